The minimum absolute atomic E-state index is 0.00819. The van der Waals surface area contributed by atoms with Gasteiger partial charge in [-0.1, -0.05) is 6.07 Å². The Morgan fingerprint density at radius 1 is 1.47 bits per heavy atom. The number of carbonyl (C=O) groups excluding carboxylic acids is 1. The lowest BCUT2D eigenvalue weighted by Gasteiger charge is -2.06. The molecule has 1 N–H and O–H groups in total. The van der Waals surface area contributed by atoms with Gasteiger partial charge in [0.1, 0.15) is 11.9 Å². The normalized spacial score (nSPS) is 13.0. The Hall–Kier alpha value is -2.61. The van der Waals surface area contributed by atoms with Crippen LogP contribution in [0.5, 0.6) is 0 Å². The molecule has 3 rings (SSSR count). The summed E-state index contributed by atoms with van der Waals surface area (Å²) in [6.45, 7) is 1.86. The van der Waals surface area contributed by atoms with Crippen molar-refractivity contribution in [2.75, 3.05) is 5.32 Å². The summed E-state index contributed by atoms with van der Waals surface area (Å²) in [7, 11) is 1.88. The molecule has 2 heterocycles. The van der Waals surface area contributed by atoms with Crippen molar-refractivity contribution >= 4 is 11.6 Å². The molecule has 1 aliphatic rings. The molecular formula is C14H12N4O. The van der Waals surface area contributed by atoms with Crippen molar-refractivity contribution in [3.8, 4) is 17.3 Å². The molecule has 5 heteroatoms. The Kier molecular flexibility index (Phi) is 2.39. The first-order valence-corrected chi connectivity index (χ1v) is 5.96. The molecule has 0 spiro atoms. The highest BCUT2D eigenvalue weighted by atomic mass is 16.1. The Morgan fingerprint density at radius 2 is 2.26 bits per heavy atom. The number of imidazole rings is 1. The molecule has 5 nitrogen and oxygen atoms in total. The maximum Gasteiger partial charge on any atom is 0.228 e. The molecule has 1 aromatic heterocycles. The summed E-state index contributed by atoms with van der Waals surface area (Å²) in [5.41, 5.74) is 3.94. The van der Waals surface area contributed by atoms with E-state index in [1.807, 2.05) is 36.7 Å². The number of rotatable bonds is 1. The average Bonchev–Trinajstić information content (AvgIpc) is 2.88. The Labute approximate surface area is 110 Å². The van der Waals surface area contributed by atoms with E-state index in [9.17, 15) is 4.79 Å². The van der Waals surface area contributed by atoms with E-state index in [0.29, 0.717) is 12.1 Å². The van der Waals surface area contributed by atoms with Gasteiger partial charge in [-0.25, -0.2) is 4.98 Å². The molecule has 0 unspecified atom stereocenters. The standard InChI is InChI=1S/C14H12N4O/c1-8-16-12(7-15)14(18(8)2)9-3-4-11-10(5-9)6-13(19)17-11/h3-5H,6H2,1-2H3,(H,17,19). The van der Waals surface area contributed by atoms with E-state index in [2.05, 4.69) is 16.4 Å². The number of amides is 1. The number of fused-ring (bicyclic) bond motifs is 1. The summed E-state index contributed by atoms with van der Waals surface area (Å²) in [4.78, 5) is 15.6. The fraction of sp³-hybridized carbons (Fsp3) is 0.214. The highest BCUT2D eigenvalue weighted by molar-refractivity contribution is 5.99. The van der Waals surface area contributed by atoms with E-state index in [1.54, 1.807) is 0 Å². The molecule has 1 aliphatic heterocycles. The van der Waals surface area contributed by atoms with Gasteiger partial charge in [0.05, 0.1) is 12.1 Å². The second kappa shape index (κ2) is 3.95. The van der Waals surface area contributed by atoms with Gasteiger partial charge < -0.3 is 9.88 Å². The van der Waals surface area contributed by atoms with Crippen molar-refractivity contribution in [2.45, 2.75) is 13.3 Å². The van der Waals surface area contributed by atoms with Gasteiger partial charge in [0.25, 0.3) is 0 Å². The lowest BCUT2D eigenvalue weighted by molar-refractivity contribution is -0.115. The molecule has 0 saturated carbocycles. The van der Waals surface area contributed by atoms with Gasteiger partial charge in [0, 0.05) is 18.3 Å². The van der Waals surface area contributed by atoms with Crippen molar-refractivity contribution in [2.24, 2.45) is 7.05 Å². The minimum Gasteiger partial charge on any atom is -0.330 e. The smallest absolute Gasteiger partial charge is 0.228 e. The van der Waals surface area contributed by atoms with Crippen LogP contribution in [0.2, 0.25) is 0 Å². The summed E-state index contributed by atoms with van der Waals surface area (Å²) in [6, 6.07) is 7.85. The topological polar surface area (TPSA) is 70.7 Å². The van der Waals surface area contributed by atoms with Crippen molar-refractivity contribution < 1.29 is 4.79 Å². The zero-order chi connectivity index (χ0) is 13.6. The van der Waals surface area contributed by atoms with Crippen molar-refractivity contribution in [1.82, 2.24) is 9.55 Å². The number of benzene rings is 1. The molecule has 0 saturated heterocycles. The van der Waals surface area contributed by atoms with Gasteiger partial charge in [-0.15, -0.1) is 0 Å². The maximum absolute atomic E-state index is 11.4. The lowest BCUT2D eigenvalue weighted by Crippen LogP contribution is -2.03. The summed E-state index contributed by atoms with van der Waals surface area (Å²) >= 11 is 0. The molecule has 1 aromatic carbocycles. The molecule has 0 aliphatic carbocycles. The molecule has 94 valence electrons. The fourth-order valence-electron chi connectivity index (χ4n) is 2.40. The largest absolute Gasteiger partial charge is 0.330 e. The highest BCUT2D eigenvalue weighted by Gasteiger charge is 2.20. The SMILES string of the molecule is Cc1nc(C#N)c(-c2ccc3c(c2)CC(=O)N3)n1C. The zero-order valence-corrected chi connectivity index (χ0v) is 10.7. The first-order valence-electron chi connectivity index (χ1n) is 5.96. The van der Waals surface area contributed by atoms with Gasteiger partial charge in [-0.2, -0.15) is 5.26 Å². The van der Waals surface area contributed by atoms with Gasteiger partial charge in [-0.05, 0) is 24.6 Å². The number of anilines is 1. The Bertz CT molecular complexity index is 737. The van der Waals surface area contributed by atoms with Gasteiger partial charge in [0.2, 0.25) is 5.91 Å². The van der Waals surface area contributed by atoms with Gasteiger partial charge >= 0.3 is 0 Å². The second-order valence-electron chi connectivity index (χ2n) is 4.62. The number of nitrogens with one attached hydrogen (secondary N) is 1. The number of carbonyl (C=O) groups is 1. The van der Waals surface area contributed by atoms with E-state index < -0.39 is 0 Å². The monoisotopic (exact) mass is 252 g/mol. The highest BCUT2D eigenvalue weighted by Crippen LogP contribution is 2.30. The average molecular weight is 252 g/mol. The van der Waals surface area contributed by atoms with E-state index in [0.717, 1.165) is 28.3 Å². The predicted molar refractivity (Wildman–Crippen MR) is 70.4 cm³/mol. The number of hydrogen-bond acceptors (Lipinski definition) is 3. The first-order chi connectivity index (χ1) is 9.10. The molecule has 0 radical (unpaired) electrons. The molecule has 0 fully saturated rings. The van der Waals surface area contributed by atoms with Crippen LogP contribution in [0.1, 0.15) is 17.1 Å². The van der Waals surface area contributed by atoms with Crippen LogP contribution in [0.3, 0.4) is 0 Å². The summed E-state index contributed by atoms with van der Waals surface area (Å²) < 4.78 is 1.89. The maximum atomic E-state index is 11.4. The zero-order valence-electron chi connectivity index (χ0n) is 10.7. The Morgan fingerprint density at radius 3 is 3.00 bits per heavy atom. The Balaban J connectivity index is 2.17. The molecule has 1 amide bonds. The quantitative estimate of drug-likeness (QED) is 0.840. The van der Waals surface area contributed by atoms with Crippen molar-refractivity contribution in [1.29, 1.82) is 5.26 Å². The summed E-state index contributed by atoms with van der Waals surface area (Å²) in [6.07, 6.45) is 0.391. The third-order valence-electron chi connectivity index (χ3n) is 3.43. The third-order valence-corrected chi connectivity index (χ3v) is 3.43. The summed E-state index contributed by atoms with van der Waals surface area (Å²) in [5.74, 6) is 0.801. The second-order valence-corrected chi connectivity index (χ2v) is 4.62. The summed E-state index contributed by atoms with van der Waals surface area (Å²) in [5, 5.41) is 12.0. The fourth-order valence-corrected chi connectivity index (χ4v) is 2.40. The van der Waals surface area contributed by atoms with Crippen LogP contribution < -0.4 is 5.32 Å². The van der Waals surface area contributed by atoms with E-state index in [-0.39, 0.29) is 5.91 Å². The van der Waals surface area contributed by atoms with Gasteiger partial charge in [0.15, 0.2) is 5.69 Å². The van der Waals surface area contributed by atoms with Crippen LogP contribution in [0, 0.1) is 18.3 Å². The number of nitriles is 1. The number of aromatic nitrogens is 2. The van der Waals surface area contributed by atoms with Crippen LogP contribution in [0.25, 0.3) is 11.3 Å². The van der Waals surface area contributed by atoms with E-state index >= 15 is 0 Å². The number of hydrogen-bond donors (Lipinski definition) is 1. The van der Waals surface area contributed by atoms with Crippen molar-refractivity contribution in [3.05, 3.63) is 35.3 Å². The molecule has 0 bridgehead atoms. The van der Waals surface area contributed by atoms with Gasteiger partial charge in [-0.3, -0.25) is 4.79 Å². The van der Waals surface area contributed by atoms with Crippen LogP contribution >= 0.6 is 0 Å². The minimum atomic E-state index is 0.00819. The first kappa shape index (κ1) is 11.5. The van der Waals surface area contributed by atoms with Crippen LogP contribution in [-0.4, -0.2) is 15.5 Å². The molecule has 19 heavy (non-hydrogen) atoms. The molecule has 0 atom stereocenters. The van der Waals surface area contributed by atoms with Crippen molar-refractivity contribution in [3.63, 3.8) is 0 Å². The van der Waals surface area contributed by atoms with Crippen LogP contribution in [0.4, 0.5) is 5.69 Å². The van der Waals surface area contributed by atoms with E-state index in [1.165, 1.54) is 0 Å². The third kappa shape index (κ3) is 1.69. The van der Waals surface area contributed by atoms with E-state index in [4.69, 9.17) is 5.26 Å². The number of aryl methyl sites for hydroxylation is 1. The predicted octanol–water partition coefficient (Wildman–Crippen LogP) is 1.76. The van der Waals surface area contributed by atoms with Crippen LogP contribution in [0.15, 0.2) is 18.2 Å². The molecule has 2 aromatic rings. The molecular weight excluding hydrogens is 240 g/mol. The lowest BCUT2D eigenvalue weighted by atomic mass is 10.0. The number of nitrogens with zero attached hydrogens (tertiary/aromatic N) is 3. The van der Waals surface area contributed by atoms with Crippen LogP contribution in [-0.2, 0) is 18.3 Å².